The maximum atomic E-state index is 12.3. The van der Waals surface area contributed by atoms with Crippen molar-refractivity contribution in [1.82, 2.24) is 4.90 Å². The highest BCUT2D eigenvalue weighted by Gasteiger charge is 2.23. The fourth-order valence-electron chi connectivity index (χ4n) is 2.52. The number of likely N-dealkylation sites (tertiary alicyclic amines) is 1. The molecule has 116 valence electrons. The second-order valence-electron chi connectivity index (χ2n) is 5.73. The number of piperidine rings is 1. The Balaban J connectivity index is 2.02. The smallest absolute Gasteiger partial charge is 0.321 e. The van der Waals surface area contributed by atoms with E-state index in [1.165, 1.54) is 0 Å². The highest BCUT2D eigenvalue weighted by atomic mass is 16.5. The molecule has 0 radical (unpaired) electrons. The lowest BCUT2D eigenvalue weighted by Crippen LogP contribution is -2.43. The van der Waals surface area contributed by atoms with E-state index in [1.54, 1.807) is 4.90 Å². The summed E-state index contributed by atoms with van der Waals surface area (Å²) in [4.78, 5) is 14.1. The maximum absolute atomic E-state index is 12.3. The monoisotopic (exact) mass is 292 g/mol. The van der Waals surface area contributed by atoms with Gasteiger partial charge in [0.25, 0.3) is 0 Å². The number of aliphatic hydroxyl groups excluding tert-OH is 1. The van der Waals surface area contributed by atoms with E-state index in [0.29, 0.717) is 18.0 Å². The third-order valence-electron chi connectivity index (χ3n) is 3.56. The van der Waals surface area contributed by atoms with Gasteiger partial charge in [-0.3, -0.25) is 0 Å². The van der Waals surface area contributed by atoms with E-state index in [1.807, 2.05) is 38.1 Å². The van der Waals surface area contributed by atoms with Crippen LogP contribution in [0, 0.1) is 5.92 Å². The van der Waals surface area contributed by atoms with Crippen LogP contribution in [0.25, 0.3) is 0 Å². The Labute approximate surface area is 125 Å². The largest absolute Gasteiger partial charge is 0.489 e. The van der Waals surface area contributed by atoms with E-state index < -0.39 is 0 Å². The Kier molecular flexibility index (Phi) is 5.44. The number of urea groups is 1. The van der Waals surface area contributed by atoms with Gasteiger partial charge in [0, 0.05) is 19.7 Å². The molecule has 2 N–H and O–H groups in total. The molecule has 1 aliphatic heterocycles. The second-order valence-corrected chi connectivity index (χ2v) is 5.73. The maximum Gasteiger partial charge on any atom is 0.321 e. The van der Waals surface area contributed by atoms with E-state index in [4.69, 9.17) is 4.74 Å². The van der Waals surface area contributed by atoms with Crippen LogP contribution in [-0.2, 0) is 0 Å². The van der Waals surface area contributed by atoms with Crippen LogP contribution in [0.15, 0.2) is 24.3 Å². The van der Waals surface area contributed by atoms with Crippen molar-refractivity contribution in [2.45, 2.75) is 32.8 Å². The molecule has 1 aromatic rings. The van der Waals surface area contributed by atoms with Crippen LogP contribution in [0.5, 0.6) is 5.75 Å². The minimum atomic E-state index is -0.132. The molecular weight excluding hydrogens is 268 g/mol. The molecular formula is C16H24N2O3. The minimum absolute atomic E-state index is 0.0526. The number of rotatable bonds is 4. The van der Waals surface area contributed by atoms with Gasteiger partial charge in [-0.05, 0) is 44.7 Å². The van der Waals surface area contributed by atoms with Crippen molar-refractivity contribution in [2.24, 2.45) is 5.92 Å². The highest BCUT2D eigenvalue weighted by molar-refractivity contribution is 5.91. The normalized spacial score (nSPS) is 18.7. The summed E-state index contributed by atoms with van der Waals surface area (Å²) in [5.74, 6) is 0.864. The van der Waals surface area contributed by atoms with Crippen LogP contribution < -0.4 is 10.1 Å². The van der Waals surface area contributed by atoms with E-state index >= 15 is 0 Å². The van der Waals surface area contributed by atoms with Crippen LogP contribution in [0.3, 0.4) is 0 Å². The summed E-state index contributed by atoms with van der Waals surface area (Å²) in [5.41, 5.74) is 0.683. The van der Waals surface area contributed by atoms with Crippen LogP contribution in [0.4, 0.5) is 10.5 Å². The Hall–Kier alpha value is -1.75. The molecule has 1 fully saturated rings. The van der Waals surface area contributed by atoms with Gasteiger partial charge in [-0.25, -0.2) is 4.79 Å². The second kappa shape index (κ2) is 7.31. The van der Waals surface area contributed by atoms with E-state index in [9.17, 15) is 9.90 Å². The summed E-state index contributed by atoms with van der Waals surface area (Å²) in [6.07, 6.45) is 1.97. The Morgan fingerprint density at radius 2 is 2.24 bits per heavy atom. The van der Waals surface area contributed by atoms with Gasteiger partial charge in [-0.2, -0.15) is 0 Å². The molecule has 1 aliphatic rings. The van der Waals surface area contributed by atoms with Gasteiger partial charge in [0.15, 0.2) is 0 Å². The quantitative estimate of drug-likeness (QED) is 0.897. The molecule has 0 saturated carbocycles. The first kappa shape index (κ1) is 15.6. The lowest BCUT2D eigenvalue weighted by Gasteiger charge is -2.32. The van der Waals surface area contributed by atoms with Crippen LogP contribution in [0.1, 0.15) is 26.7 Å². The Bertz CT molecular complexity index is 476. The van der Waals surface area contributed by atoms with Crippen molar-refractivity contribution in [3.8, 4) is 5.75 Å². The number of nitrogens with zero attached hydrogens (tertiary/aromatic N) is 1. The molecule has 0 aromatic heterocycles. The highest BCUT2D eigenvalue weighted by Crippen LogP contribution is 2.26. The number of carbonyl (C=O) groups is 1. The summed E-state index contributed by atoms with van der Waals surface area (Å²) in [6.45, 7) is 5.38. The van der Waals surface area contributed by atoms with E-state index in [0.717, 1.165) is 19.4 Å². The Morgan fingerprint density at radius 3 is 2.95 bits per heavy atom. The molecule has 2 amide bonds. The molecule has 2 rings (SSSR count). The van der Waals surface area contributed by atoms with Gasteiger partial charge in [0.2, 0.25) is 0 Å². The Morgan fingerprint density at radius 1 is 1.48 bits per heavy atom. The van der Waals surface area contributed by atoms with E-state index in [2.05, 4.69) is 5.32 Å². The molecule has 1 aromatic carbocycles. The summed E-state index contributed by atoms with van der Waals surface area (Å²) < 4.78 is 5.70. The standard InChI is InChI=1S/C16H24N2O3/c1-12(2)21-15-8-4-3-7-14(15)17-16(20)18-9-5-6-13(10-18)11-19/h3-4,7-8,12-13,19H,5-6,9-11H2,1-2H3,(H,17,20). The van der Waals surface area contributed by atoms with Crippen molar-refractivity contribution < 1.29 is 14.6 Å². The summed E-state index contributed by atoms with van der Waals surface area (Å²) in [5, 5.41) is 12.2. The SMILES string of the molecule is CC(C)Oc1ccccc1NC(=O)N1CCCC(CO)C1. The molecule has 0 aliphatic carbocycles. The molecule has 1 saturated heterocycles. The molecule has 5 nitrogen and oxygen atoms in total. The summed E-state index contributed by atoms with van der Waals surface area (Å²) in [6, 6.07) is 7.31. The van der Waals surface area contributed by atoms with Crippen LogP contribution in [0.2, 0.25) is 0 Å². The number of anilines is 1. The third kappa shape index (κ3) is 4.36. The molecule has 1 heterocycles. The van der Waals surface area contributed by atoms with Gasteiger partial charge < -0.3 is 20.1 Å². The molecule has 5 heteroatoms. The van der Waals surface area contributed by atoms with Crippen LogP contribution in [-0.4, -0.2) is 41.8 Å². The third-order valence-corrected chi connectivity index (χ3v) is 3.56. The average Bonchev–Trinajstić information content (AvgIpc) is 2.48. The van der Waals surface area contributed by atoms with Crippen molar-refractivity contribution in [3.05, 3.63) is 24.3 Å². The van der Waals surface area contributed by atoms with Crippen molar-refractivity contribution in [1.29, 1.82) is 0 Å². The lowest BCUT2D eigenvalue weighted by molar-refractivity contribution is 0.136. The van der Waals surface area contributed by atoms with Gasteiger partial charge in [0.1, 0.15) is 5.75 Å². The van der Waals surface area contributed by atoms with Gasteiger partial charge in [-0.1, -0.05) is 12.1 Å². The molecule has 0 spiro atoms. The summed E-state index contributed by atoms with van der Waals surface area (Å²) in [7, 11) is 0. The molecule has 1 unspecified atom stereocenters. The fraction of sp³-hybridized carbons (Fsp3) is 0.562. The summed E-state index contributed by atoms with van der Waals surface area (Å²) >= 11 is 0. The zero-order valence-corrected chi connectivity index (χ0v) is 12.7. The predicted octanol–water partition coefficient (Wildman–Crippen LogP) is 2.71. The number of nitrogens with one attached hydrogen (secondary N) is 1. The fourth-order valence-corrected chi connectivity index (χ4v) is 2.52. The number of benzene rings is 1. The van der Waals surface area contributed by atoms with E-state index in [-0.39, 0.29) is 24.7 Å². The van der Waals surface area contributed by atoms with Crippen molar-refractivity contribution in [2.75, 3.05) is 25.0 Å². The number of para-hydroxylation sites is 2. The van der Waals surface area contributed by atoms with Crippen LogP contribution >= 0.6 is 0 Å². The first-order chi connectivity index (χ1) is 10.1. The van der Waals surface area contributed by atoms with Crippen molar-refractivity contribution in [3.63, 3.8) is 0 Å². The van der Waals surface area contributed by atoms with Gasteiger partial charge in [0.05, 0.1) is 11.8 Å². The number of aliphatic hydroxyl groups is 1. The molecule has 21 heavy (non-hydrogen) atoms. The molecule has 1 atom stereocenters. The number of amides is 2. The minimum Gasteiger partial charge on any atom is -0.489 e. The topological polar surface area (TPSA) is 61.8 Å². The number of hydrogen-bond acceptors (Lipinski definition) is 3. The first-order valence-electron chi connectivity index (χ1n) is 7.52. The zero-order valence-electron chi connectivity index (χ0n) is 12.7. The van der Waals surface area contributed by atoms with Crippen molar-refractivity contribution >= 4 is 11.7 Å². The number of hydrogen-bond donors (Lipinski definition) is 2. The first-order valence-corrected chi connectivity index (χ1v) is 7.52. The lowest BCUT2D eigenvalue weighted by atomic mass is 9.99. The number of carbonyl (C=O) groups excluding carboxylic acids is 1. The number of ether oxygens (including phenoxy) is 1. The predicted molar refractivity (Wildman–Crippen MR) is 82.6 cm³/mol. The van der Waals surface area contributed by atoms with Gasteiger partial charge >= 0.3 is 6.03 Å². The van der Waals surface area contributed by atoms with Gasteiger partial charge in [-0.15, -0.1) is 0 Å². The zero-order chi connectivity index (χ0) is 15.2. The molecule has 0 bridgehead atoms. The average molecular weight is 292 g/mol.